The van der Waals surface area contributed by atoms with Crippen LogP contribution in [0.1, 0.15) is 51.0 Å². The maximum atomic E-state index is 5.69. The SMILES string of the molecule is CC1CCCN(c2cc(N3CCCCCC3)nc(NC(=S)NCc3ccc4c(c3)OCCO4)n2)C1. The highest BCUT2D eigenvalue weighted by Crippen LogP contribution is 2.31. The Hall–Kier alpha value is -2.81. The number of fused-ring (bicyclic) bond motifs is 1. The summed E-state index contributed by atoms with van der Waals surface area (Å²) in [7, 11) is 0. The van der Waals surface area contributed by atoms with Gasteiger partial charge in [0.2, 0.25) is 5.95 Å². The van der Waals surface area contributed by atoms with Crippen molar-refractivity contribution in [2.75, 3.05) is 54.5 Å². The number of ether oxygens (including phenoxy) is 2. The van der Waals surface area contributed by atoms with E-state index in [-0.39, 0.29) is 0 Å². The molecule has 1 atom stereocenters. The van der Waals surface area contributed by atoms with Gasteiger partial charge in [-0.3, -0.25) is 0 Å². The van der Waals surface area contributed by atoms with Crippen LogP contribution in [0.25, 0.3) is 0 Å². The van der Waals surface area contributed by atoms with Crippen LogP contribution in [0.3, 0.4) is 0 Å². The number of nitrogens with zero attached hydrogens (tertiary/aromatic N) is 4. The molecule has 0 amide bonds. The Morgan fingerprint density at radius 1 is 0.943 bits per heavy atom. The van der Waals surface area contributed by atoms with Crippen LogP contribution in [0.5, 0.6) is 11.5 Å². The Labute approximate surface area is 213 Å². The van der Waals surface area contributed by atoms with E-state index in [4.69, 9.17) is 31.7 Å². The van der Waals surface area contributed by atoms with Crippen LogP contribution < -0.4 is 29.9 Å². The van der Waals surface area contributed by atoms with Crippen LogP contribution in [0.2, 0.25) is 0 Å². The average Bonchev–Trinajstić information content (AvgIpc) is 3.17. The fourth-order valence-corrected chi connectivity index (χ4v) is 5.19. The molecule has 8 nitrogen and oxygen atoms in total. The summed E-state index contributed by atoms with van der Waals surface area (Å²) in [5, 5.41) is 7.04. The number of hydrogen-bond donors (Lipinski definition) is 2. The maximum Gasteiger partial charge on any atom is 0.232 e. The third-order valence-electron chi connectivity index (χ3n) is 6.90. The molecule has 2 saturated heterocycles. The normalized spacial score (nSPS) is 20.2. The highest BCUT2D eigenvalue weighted by molar-refractivity contribution is 7.80. The summed E-state index contributed by atoms with van der Waals surface area (Å²) in [4.78, 5) is 14.6. The first-order valence-corrected chi connectivity index (χ1v) is 13.4. The van der Waals surface area contributed by atoms with Crippen molar-refractivity contribution in [3.8, 4) is 11.5 Å². The zero-order chi connectivity index (χ0) is 24.0. The second-order valence-electron chi connectivity index (χ2n) is 9.79. The number of thiocarbonyl (C=S) groups is 1. The largest absolute Gasteiger partial charge is 0.486 e. The summed E-state index contributed by atoms with van der Waals surface area (Å²) < 4.78 is 11.3. The molecule has 188 valence electrons. The van der Waals surface area contributed by atoms with Crippen molar-refractivity contribution >= 4 is 34.9 Å². The zero-order valence-corrected chi connectivity index (χ0v) is 21.4. The Kier molecular flexibility index (Phi) is 7.71. The zero-order valence-electron chi connectivity index (χ0n) is 20.6. The Morgan fingerprint density at radius 3 is 2.43 bits per heavy atom. The lowest BCUT2D eigenvalue weighted by molar-refractivity contribution is 0.171. The molecule has 0 saturated carbocycles. The molecule has 2 N–H and O–H groups in total. The fraction of sp³-hybridized carbons (Fsp3) is 0.577. The van der Waals surface area contributed by atoms with E-state index in [1.54, 1.807) is 0 Å². The van der Waals surface area contributed by atoms with Crippen molar-refractivity contribution in [1.82, 2.24) is 15.3 Å². The molecule has 1 unspecified atom stereocenters. The number of piperidine rings is 1. The second kappa shape index (κ2) is 11.3. The van der Waals surface area contributed by atoms with Crippen LogP contribution in [0.15, 0.2) is 24.3 Å². The average molecular weight is 497 g/mol. The van der Waals surface area contributed by atoms with Gasteiger partial charge in [-0.05, 0) is 61.5 Å². The Morgan fingerprint density at radius 2 is 1.66 bits per heavy atom. The summed E-state index contributed by atoms with van der Waals surface area (Å²) in [6, 6.07) is 8.13. The maximum absolute atomic E-state index is 5.69. The van der Waals surface area contributed by atoms with Crippen LogP contribution in [0.4, 0.5) is 17.6 Å². The minimum atomic E-state index is 0.505. The number of nitrogens with one attached hydrogen (secondary N) is 2. The first-order chi connectivity index (χ1) is 17.1. The summed E-state index contributed by atoms with van der Waals surface area (Å²) in [5.74, 6) is 4.78. The number of anilines is 3. The molecule has 0 aliphatic carbocycles. The number of rotatable bonds is 5. The molecule has 0 bridgehead atoms. The van der Waals surface area contributed by atoms with E-state index < -0.39 is 0 Å². The fourth-order valence-electron chi connectivity index (χ4n) is 5.02. The molecule has 1 aromatic heterocycles. The van der Waals surface area contributed by atoms with Gasteiger partial charge in [-0.25, -0.2) is 0 Å². The summed E-state index contributed by atoms with van der Waals surface area (Å²) >= 11 is 5.61. The van der Waals surface area contributed by atoms with Crippen LogP contribution in [-0.4, -0.2) is 54.5 Å². The second-order valence-corrected chi connectivity index (χ2v) is 10.2. The molecule has 0 radical (unpaired) electrons. The molecular weight excluding hydrogens is 460 g/mol. The third-order valence-corrected chi connectivity index (χ3v) is 7.14. The molecule has 5 rings (SSSR count). The first-order valence-electron chi connectivity index (χ1n) is 13.0. The number of aromatic nitrogens is 2. The standard InChI is InChI=1S/C26H36N6O2S/c1-19-7-6-12-32(18-19)24-16-23(31-10-4-2-3-5-11-31)28-25(29-24)30-26(35)27-17-20-8-9-21-22(15-20)34-14-13-33-21/h8-9,15-16,19H,2-7,10-14,17-18H2,1H3,(H2,27,28,29,30,35). The predicted molar refractivity (Wildman–Crippen MR) is 144 cm³/mol. The quantitative estimate of drug-likeness (QED) is 0.588. The van der Waals surface area contributed by atoms with E-state index in [1.165, 1.54) is 38.5 Å². The lowest BCUT2D eigenvalue weighted by Gasteiger charge is -2.33. The molecule has 9 heteroatoms. The van der Waals surface area contributed by atoms with Crippen molar-refractivity contribution in [3.63, 3.8) is 0 Å². The van der Waals surface area contributed by atoms with Gasteiger partial charge in [0.1, 0.15) is 24.8 Å². The van der Waals surface area contributed by atoms with Crippen LogP contribution in [-0.2, 0) is 6.54 Å². The molecule has 3 aliphatic rings. The molecule has 35 heavy (non-hydrogen) atoms. The molecule has 1 aromatic carbocycles. The summed E-state index contributed by atoms with van der Waals surface area (Å²) in [6.07, 6.45) is 7.47. The van der Waals surface area contributed by atoms with Gasteiger partial charge in [0, 0.05) is 38.8 Å². The van der Waals surface area contributed by atoms with Crippen molar-refractivity contribution in [2.24, 2.45) is 5.92 Å². The minimum absolute atomic E-state index is 0.505. The van der Waals surface area contributed by atoms with Crippen LogP contribution >= 0.6 is 12.2 Å². The van der Waals surface area contributed by atoms with E-state index in [0.29, 0.717) is 36.7 Å². The van der Waals surface area contributed by atoms with Crippen molar-refractivity contribution in [3.05, 3.63) is 29.8 Å². The summed E-state index contributed by atoms with van der Waals surface area (Å²) in [6.45, 7) is 8.21. The smallest absolute Gasteiger partial charge is 0.232 e. The van der Waals surface area contributed by atoms with Gasteiger partial charge in [-0.2, -0.15) is 9.97 Å². The van der Waals surface area contributed by atoms with Gasteiger partial charge in [0.25, 0.3) is 0 Å². The Bertz CT molecular complexity index is 1010. The van der Waals surface area contributed by atoms with Crippen LogP contribution in [0, 0.1) is 5.92 Å². The van der Waals surface area contributed by atoms with Gasteiger partial charge in [-0.1, -0.05) is 25.8 Å². The highest BCUT2D eigenvalue weighted by atomic mass is 32.1. The van der Waals surface area contributed by atoms with Gasteiger partial charge in [0.15, 0.2) is 16.6 Å². The van der Waals surface area contributed by atoms with E-state index >= 15 is 0 Å². The summed E-state index contributed by atoms with van der Waals surface area (Å²) in [5.41, 5.74) is 1.07. The molecule has 0 spiro atoms. The highest BCUT2D eigenvalue weighted by Gasteiger charge is 2.21. The van der Waals surface area contributed by atoms with E-state index in [1.807, 2.05) is 18.2 Å². The lowest BCUT2D eigenvalue weighted by Crippen LogP contribution is -2.36. The Balaban J connectivity index is 1.29. The predicted octanol–water partition coefficient (Wildman–Crippen LogP) is 4.35. The minimum Gasteiger partial charge on any atom is -0.486 e. The van der Waals surface area contributed by atoms with Gasteiger partial charge in [-0.15, -0.1) is 0 Å². The first kappa shape index (κ1) is 23.9. The van der Waals surface area contributed by atoms with E-state index in [9.17, 15) is 0 Å². The monoisotopic (exact) mass is 496 g/mol. The molecule has 2 aromatic rings. The number of benzene rings is 1. The van der Waals surface area contributed by atoms with Gasteiger partial charge >= 0.3 is 0 Å². The lowest BCUT2D eigenvalue weighted by atomic mass is 10.0. The molecule has 3 aliphatic heterocycles. The van der Waals surface area contributed by atoms with Gasteiger partial charge < -0.3 is 29.9 Å². The van der Waals surface area contributed by atoms with Crippen molar-refractivity contribution in [1.29, 1.82) is 0 Å². The van der Waals surface area contributed by atoms with Gasteiger partial charge in [0.05, 0.1) is 0 Å². The van der Waals surface area contributed by atoms with Crippen molar-refractivity contribution in [2.45, 2.75) is 52.0 Å². The molecule has 4 heterocycles. The number of hydrogen-bond acceptors (Lipinski definition) is 7. The van der Waals surface area contributed by atoms with E-state index in [2.05, 4.69) is 33.4 Å². The third kappa shape index (κ3) is 6.25. The van der Waals surface area contributed by atoms with E-state index in [0.717, 1.165) is 54.9 Å². The molecular formula is C26H36N6O2S. The molecule has 2 fully saturated rings. The van der Waals surface area contributed by atoms with Crippen molar-refractivity contribution < 1.29 is 9.47 Å². The topological polar surface area (TPSA) is 74.8 Å².